The summed E-state index contributed by atoms with van der Waals surface area (Å²) in [6.07, 6.45) is 11.0. The molecule has 226 valence electrons. The van der Waals surface area contributed by atoms with Crippen LogP contribution in [0.2, 0.25) is 0 Å². The van der Waals surface area contributed by atoms with Crippen LogP contribution in [0, 0.1) is 0 Å². The highest BCUT2D eigenvalue weighted by atomic mass is 15.2. The largest absolute Gasteiger partial charge is 0.299 e. The Balaban J connectivity index is 1.33. The van der Waals surface area contributed by atoms with E-state index in [2.05, 4.69) is 93.0 Å². The van der Waals surface area contributed by atoms with Crippen LogP contribution in [0.5, 0.6) is 0 Å². The van der Waals surface area contributed by atoms with Crippen molar-refractivity contribution in [3.8, 4) is 16.8 Å². The predicted octanol–water partition coefficient (Wildman–Crippen LogP) is 8.80. The predicted molar refractivity (Wildman–Crippen MR) is 190 cm³/mol. The van der Waals surface area contributed by atoms with Crippen molar-refractivity contribution >= 4 is 39.7 Å². The van der Waals surface area contributed by atoms with E-state index in [0.29, 0.717) is 18.5 Å². The van der Waals surface area contributed by atoms with E-state index in [1.54, 1.807) is 44.5 Å². The van der Waals surface area contributed by atoms with E-state index in [1.165, 1.54) is 90.3 Å². The summed E-state index contributed by atoms with van der Waals surface area (Å²) in [4.78, 5) is 0. The van der Waals surface area contributed by atoms with Gasteiger partial charge in [-0.15, -0.1) is 0 Å². The third kappa shape index (κ3) is 3.06. The second kappa shape index (κ2) is 8.02. The molecule has 6 aliphatic carbocycles. The Labute approximate surface area is 268 Å². The average Bonchev–Trinajstić information content (AvgIpc) is 3.67. The van der Waals surface area contributed by atoms with Gasteiger partial charge in [-0.05, 0) is 136 Å². The third-order valence-electron chi connectivity index (χ3n) is 13.6. The highest BCUT2D eigenvalue weighted by molar-refractivity contribution is 7.02. The monoisotopic (exact) mass is 588 g/mol. The van der Waals surface area contributed by atoms with Gasteiger partial charge >= 0.3 is 0 Å². The zero-order valence-corrected chi connectivity index (χ0v) is 28.0. The maximum Gasteiger partial charge on any atom is 0.251 e. The second-order valence-corrected chi connectivity index (χ2v) is 18.0. The van der Waals surface area contributed by atoms with E-state index in [-0.39, 0.29) is 10.8 Å². The van der Waals surface area contributed by atoms with Crippen molar-refractivity contribution in [2.45, 2.75) is 127 Å². The van der Waals surface area contributed by atoms with Gasteiger partial charge in [-0.1, -0.05) is 77.3 Å². The molecular weight excluding hydrogens is 543 g/mol. The summed E-state index contributed by atoms with van der Waals surface area (Å²) in [5.41, 5.74) is 22.2. The molecule has 0 spiro atoms. The van der Waals surface area contributed by atoms with Crippen molar-refractivity contribution in [1.29, 1.82) is 0 Å². The first-order valence-electron chi connectivity index (χ1n) is 18.2. The zero-order chi connectivity index (χ0) is 30.3. The maximum absolute atomic E-state index is 2.84. The lowest BCUT2D eigenvalue weighted by molar-refractivity contribution is 0.343. The second-order valence-electron chi connectivity index (χ2n) is 18.0. The summed E-state index contributed by atoms with van der Waals surface area (Å²) < 4.78 is 5.66. The van der Waals surface area contributed by atoms with Crippen LogP contribution in [0.1, 0.15) is 150 Å². The standard InChI is InChI=1S/C42H45BN2/c1-41(2,3)26-15-16-28-34(18-26)44-38-24-11-13-25(14-12-24)39(38)45-35-19-27(42(4,5)6)17-32-31-20-29-22-7-9-23(10-8-22)30(29)21-33(31)43(36(32)35)37(28)40(44)45/h15-25H,7-14H2,1-6H3. The zero-order valence-electron chi connectivity index (χ0n) is 28.0. The van der Waals surface area contributed by atoms with Crippen molar-refractivity contribution in [3.63, 3.8) is 0 Å². The highest BCUT2D eigenvalue weighted by Gasteiger charge is 2.49. The number of fused-ring (bicyclic) bond motifs is 12. The summed E-state index contributed by atoms with van der Waals surface area (Å²) in [7, 11) is 0. The molecule has 2 fully saturated rings. The summed E-state index contributed by atoms with van der Waals surface area (Å²) in [5.74, 6) is 2.89. The molecule has 2 aromatic heterocycles. The van der Waals surface area contributed by atoms with Crippen molar-refractivity contribution in [3.05, 3.63) is 76.1 Å². The van der Waals surface area contributed by atoms with Crippen molar-refractivity contribution in [1.82, 2.24) is 8.97 Å². The lowest BCUT2D eigenvalue weighted by atomic mass is 9.37. The molecule has 3 heteroatoms. The van der Waals surface area contributed by atoms with Gasteiger partial charge in [0.15, 0.2) is 0 Å². The van der Waals surface area contributed by atoms with Crippen LogP contribution in [0.4, 0.5) is 0 Å². The van der Waals surface area contributed by atoms with Crippen LogP contribution in [0.25, 0.3) is 33.4 Å². The third-order valence-corrected chi connectivity index (χ3v) is 13.6. The first-order valence-corrected chi connectivity index (χ1v) is 18.2. The molecule has 5 aromatic rings. The Bertz CT molecular complexity index is 2160. The van der Waals surface area contributed by atoms with Gasteiger partial charge in [0.25, 0.3) is 6.71 Å². The number of rotatable bonds is 0. The molecule has 0 unspecified atom stereocenters. The molecule has 0 amide bonds. The topological polar surface area (TPSA) is 9.34 Å². The Hall–Kier alpha value is -3.20. The molecule has 0 radical (unpaired) electrons. The van der Waals surface area contributed by atoms with Crippen LogP contribution in [0.15, 0.2) is 42.5 Å². The Kier molecular flexibility index (Phi) is 4.62. The molecule has 13 rings (SSSR count). The minimum atomic E-state index is 0.0914. The number of hydrogen-bond donors (Lipinski definition) is 0. The van der Waals surface area contributed by atoms with E-state index >= 15 is 0 Å². The number of hydrogen-bond acceptors (Lipinski definition) is 0. The van der Waals surface area contributed by atoms with Gasteiger partial charge in [-0.3, -0.25) is 8.97 Å². The molecule has 4 bridgehead atoms. The number of benzene rings is 3. The molecule has 0 N–H and O–H groups in total. The Morgan fingerprint density at radius 1 is 0.600 bits per heavy atom. The van der Waals surface area contributed by atoms with Gasteiger partial charge in [-0.2, -0.15) is 0 Å². The van der Waals surface area contributed by atoms with Gasteiger partial charge < -0.3 is 0 Å². The summed E-state index contributed by atoms with van der Waals surface area (Å²) in [6, 6.07) is 18.2. The van der Waals surface area contributed by atoms with Gasteiger partial charge in [0.05, 0.1) is 5.52 Å². The van der Waals surface area contributed by atoms with Crippen LogP contribution in [-0.2, 0) is 10.8 Å². The van der Waals surface area contributed by atoms with Crippen molar-refractivity contribution < 1.29 is 0 Å². The summed E-state index contributed by atoms with van der Waals surface area (Å²) in [5, 5.41) is 1.49. The normalized spacial score (nSPS) is 25.2. The maximum atomic E-state index is 2.84. The lowest BCUT2D eigenvalue weighted by Crippen LogP contribution is -2.53. The first kappa shape index (κ1) is 25.9. The van der Waals surface area contributed by atoms with Gasteiger partial charge in [0.2, 0.25) is 0 Å². The van der Waals surface area contributed by atoms with Gasteiger partial charge in [0.1, 0.15) is 5.65 Å². The fourth-order valence-corrected chi connectivity index (χ4v) is 11.3. The number of imidazole rings is 1. The summed E-state index contributed by atoms with van der Waals surface area (Å²) >= 11 is 0. The first-order chi connectivity index (χ1) is 21.6. The molecule has 2 aliphatic heterocycles. The Morgan fingerprint density at radius 3 is 1.89 bits per heavy atom. The minimum absolute atomic E-state index is 0.0914. The van der Waals surface area contributed by atoms with Gasteiger partial charge in [-0.25, -0.2) is 0 Å². The van der Waals surface area contributed by atoms with Crippen LogP contribution in [-0.4, -0.2) is 15.7 Å². The van der Waals surface area contributed by atoms with Crippen LogP contribution < -0.4 is 16.4 Å². The SMILES string of the molecule is CC(C)(C)c1cc2c3c(c1)-n1c4c(n5c6cc(C(C)(C)C)ccc6c(c15)B3c1cc3c(cc1-2)C1CCC3CC1)C1CCC4CC1. The quantitative estimate of drug-likeness (QED) is 0.157. The highest BCUT2D eigenvalue weighted by Crippen LogP contribution is 2.54. The van der Waals surface area contributed by atoms with Crippen molar-refractivity contribution in [2.24, 2.45) is 0 Å². The molecule has 8 aliphatic rings. The number of nitrogens with zero attached hydrogens (tertiary/aromatic N) is 2. The molecule has 0 atom stereocenters. The molecular formula is C42H45BN2. The lowest BCUT2D eigenvalue weighted by Gasteiger charge is -2.39. The van der Waals surface area contributed by atoms with Crippen molar-refractivity contribution in [2.75, 3.05) is 0 Å². The summed E-state index contributed by atoms with van der Waals surface area (Å²) in [6.45, 7) is 14.7. The molecule has 4 heterocycles. The van der Waals surface area contributed by atoms with Gasteiger partial charge in [0, 0.05) is 28.9 Å². The Morgan fingerprint density at radius 2 is 1.22 bits per heavy atom. The van der Waals surface area contributed by atoms with E-state index < -0.39 is 0 Å². The fraction of sp³-hybridized carbons (Fsp3) is 0.476. The van der Waals surface area contributed by atoms with E-state index in [9.17, 15) is 0 Å². The molecule has 45 heavy (non-hydrogen) atoms. The van der Waals surface area contributed by atoms with E-state index in [4.69, 9.17) is 0 Å². The molecule has 0 saturated heterocycles. The average molecular weight is 589 g/mol. The molecule has 2 nitrogen and oxygen atoms in total. The van der Waals surface area contributed by atoms with Crippen LogP contribution in [0.3, 0.4) is 0 Å². The number of aromatic nitrogens is 2. The molecule has 3 aromatic carbocycles. The van der Waals surface area contributed by atoms with E-state index in [0.717, 1.165) is 11.8 Å². The fourth-order valence-electron chi connectivity index (χ4n) is 11.3. The minimum Gasteiger partial charge on any atom is -0.299 e. The van der Waals surface area contributed by atoms with Crippen LogP contribution >= 0.6 is 0 Å². The van der Waals surface area contributed by atoms with E-state index in [1.807, 2.05) is 0 Å². The smallest absolute Gasteiger partial charge is 0.251 e. The molecule has 2 saturated carbocycles.